The van der Waals surface area contributed by atoms with Crippen molar-refractivity contribution in [2.45, 2.75) is 236 Å². The molecule has 4 heteroatoms. The van der Waals surface area contributed by atoms with Gasteiger partial charge >= 0.3 is 11.9 Å². The van der Waals surface area contributed by atoms with E-state index in [-0.39, 0.29) is 47.8 Å². The highest BCUT2D eigenvalue weighted by Gasteiger charge is 2.61. The second-order valence-electron chi connectivity index (χ2n) is 25.8. The maximum Gasteiger partial charge on any atom is 0.306 e. The molecule has 350 valence electrons. The van der Waals surface area contributed by atoms with Crippen molar-refractivity contribution in [2.24, 2.45) is 92.7 Å². The van der Waals surface area contributed by atoms with Crippen LogP contribution in [0.3, 0.4) is 0 Å². The fraction of sp³-hybridized carbons (Fsp3) is 0.897. The Morgan fingerprint density at radius 2 is 0.935 bits per heavy atom. The topological polar surface area (TPSA) is 52.6 Å². The van der Waals surface area contributed by atoms with E-state index in [2.05, 4.69) is 81.4 Å². The molecule has 62 heavy (non-hydrogen) atoms. The largest absolute Gasteiger partial charge is 0.462 e. The van der Waals surface area contributed by atoms with Gasteiger partial charge in [0.15, 0.2) is 0 Å². The molecular formula is C58H94O4. The first-order chi connectivity index (χ1) is 29.5. The maximum atomic E-state index is 13.3. The number of carbonyl (C=O) groups is 2. The number of esters is 2. The summed E-state index contributed by atoms with van der Waals surface area (Å²) in [7, 11) is 0. The van der Waals surface area contributed by atoms with Gasteiger partial charge in [0, 0.05) is 12.8 Å². The first-order valence-electron chi connectivity index (χ1n) is 27.2. The van der Waals surface area contributed by atoms with E-state index in [1.807, 2.05) is 0 Å². The third-order valence-electron chi connectivity index (χ3n) is 21.6. The number of hydrogen-bond acceptors (Lipinski definition) is 4. The Morgan fingerprint density at radius 1 is 0.532 bits per heavy atom. The predicted octanol–water partition coefficient (Wildman–Crippen LogP) is 15.7. The lowest BCUT2D eigenvalue weighted by Gasteiger charge is -2.58. The zero-order chi connectivity index (χ0) is 44.2. The summed E-state index contributed by atoms with van der Waals surface area (Å²) < 4.78 is 12.3. The van der Waals surface area contributed by atoms with E-state index < -0.39 is 0 Å². The van der Waals surface area contributed by atoms with E-state index in [0.717, 1.165) is 110 Å². The average molecular weight is 855 g/mol. The average Bonchev–Trinajstić information content (AvgIpc) is 3.77. The van der Waals surface area contributed by atoms with Crippen LogP contribution in [0.2, 0.25) is 0 Å². The van der Waals surface area contributed by atoms with E-state index >= 15 is 0 Å². The van der Waals surface area contributed by atoms with Crippen molar-refractivity contribution >= 4 is 11.9 Å². The first kappa shape index (κ1) is 46.9. The Bertz CT molecular complexity index is 1540. The van der Waals surface area contributed by atoms with E-state index in [9.17, 15) is 9.59 Å². The van der Waals surface area contributed by atoms with E-state index in [1.54, 1.807) is 11.1 Å². The Hall–Kier alpha value is -1.58. The molecule has 0 aromatic carbocycles. The van der Waals surface area contributed by atoms with Gasteiger partial charge in [0.1, 0.15) is 12.2 Å². The lowest BCUT2D eigenvalue weighted by molar-refractivity contribution is -0.158. The van der Waals surface area contributed by atoms with Crippen molar-refractivity contribution in [1.82, 2.24) is 0 Å². The van der Waals surface area contributed by atoms with Crippen molar-refractivity contribution in [2.75, 3.05) is 0 Å². The van der Waals surface area contributed by atoms with Crippen molar-refractivity contribution in [3.05, 3.63) is 23.3 Å². The third kappa shape index (κ3) is 8.86. The van der Waals surface area contributed by atoms with E-state index in [4.69, 9.17) is 9.47 Å². The summed E-state index contributed by atoms with van der Waals surface area (Å²) >= 11 is 0. The SMILES string of the molecule is CC(C)CCC[C@@H](C)[C@H]1CC[C@H]2[C@@H]3CC=C4C[C@@H](OC(=O)CCC(=O)O[C@H]5CC[C@@]6(C)C(=CC[C@@H]7[C@H]8CC[C@@H]([C@H](C)CCCC(C)C)[C@@]8(C)CC[C@H]76)C5)CC[C@@]4(C)[C@@H]3CC[C@@]12C. The predicted molar refractivity (Wildman–Crippen MR) is 255 cm³/mol. The number of carbonyl (C=O) groups excluding carboxylic acids is 2. The fourth-order valence-electron chi connectivity index (χ4n) is 18.2. The minimum Gasteiger partial charge on any atom is -0.462 e. The molecule has 8 rings (SSSR count). The zero-order valence-electron chi connectivity index (χ0n) is 41.8. The van der Waals surface area contributed by atoms with Crippen LogP contribution >= 0.6 is 0 Å². The Balaban J connectivity index is 0.787. The standard InChI is InChI=1S/C58H94O4/c1-37(2)13-11-15-39(5)47-21-23-49-45-19-17-41-35-43(27-31-55(41,7)51(45)29-33-57(47,49)9)61-53(59)25-26-54(60)62-44-28-32-56(8)42(36-44)18-20-46-50-24-22-48(40(6)16-12-14-38(3)4)58(50,10)34-30-52(46)56/h17-18,37-40,43-52H,11-16,19-36H2,1-10H3/t39-,40-,43+,44+,45-,46+,47+,48-,49-,50+,51-,52-,55+,56-,57-,58+/m1/s1. The van der Waals surface area contributed by atoms with Gasteiger partial charge in [-0.05, 0) is 183 Å². The highest BCUT2D eigenvalue weighted by molar-refractivity contribution is 5.77. The highest BCUT2D eigenvalue weighted by Crippen LogP contribution is 2.69. The van der Waals surface area contributed by atoms with E-state index in [1.165, 1.54) is 103 Å². The summed E-state index contributed by atoms with van der Waals surface area (Å²) in [6.45, 7) is 25.1. The van der Waals surface area contributed by atoms with Crippen LogP contribution < -0.4 is 0 Å². The lowest BCUT2D eigenvalue weighted by atomic mass is 9.47. The molecule has 0 aliphatic heterocycles. The van der Waals surface area contributed by atoms with Gasteiger partial charge in [-0.2, -0.15) is 0 Å². The van der Waals surface area contributed by atoms with Gasteiger partial charge in [-0.1, -0.05) is 131 Å². The fourth-order valence-corrected chi connectivity index (χ4v) is 18.2. The molecule has 0 radical (unpaired) electrons. The number of rotatable bonds is 15. The summed E-state index contributed by atoms with van der Waals surface area (Å²) in [5.41, 5.74) is 4.62. The summed E-state index contributed by atoms with van der Waals surface area (Å²) in [6.07, 6.45) is 33.2. The van der Waals surface area contributed by atoms with Crippen molar-refractivity contribution in [3.63, 3.8) is 0 Å². The Morgan fingerprint density at radius 3 is 1.32 bits per heavy atom. The van der Waals surface area contributed by atoms with Gasteiger partial charge in [0.25, 0.3) is 0 Å². The molecule has 0 saturated heterocycles. The molecule has 16 atom stereocenters. The second kappa shape index (κ2) is 18.6. The Kier molecular flexibility index (Phi) is 14.1. The monoisotopic (exact) mass is 855 g/mol. The van der Waals surface area contributed by atoms with Gasteiger partial charge in [0.05, 0.1) is 12.8 Å². The van der Waals surface area contributed by atoms with Gasteiger partial charge in [-0.25, -0.2) is 0 Å². The summed E-state index contributed by atoms with van der Waals surface area (Å²) in [4.78, 5) is 26.5. The van der Waals surface area contributed by atoms with E-state index in [0.29, 0.717) is 10.8 Å². The van der Waals surface area contributed by atoms with Crippen LogP contribution in [0.25, 0.3) is 0 Å². The quantitative estimate of drug-likeness (QED) is 0.122. The maximum absolute atomic E-state index is 13.3. The zero-order valence-corrected chi connectivity index (χ0v) is 41.8. The Labute approximate surface area is 381 Å². The molecule has 6 fully saturated rings. The molecule has 0 bridgehead atoms. The molecule has 0 aromatic rings. The summed E-state index contributed by atoms with van der Waals surface area (Å²) in [5.74, 6) is 9.52. The molecule has 4 nitrogen and oxygen atoms in total. The molecule has 0 unspecified atom stereocenters. The van der Waals surface area contributed by atoms with Gasteiger partial charge in [-0.15, -0.1) is 0 Å². The van der Waals surface area contributed by atoms with Crippen LogP contribution in [0.5, 0.6) is 0 Å². The molecule has 0 aromatic heterocycles. The smallest absolute Gasteiger partial charge is 0.306 e. The van der Waals surface area contributed by atoms with Crippen LogP contribution in [0.4, 0.5) is 0 Å². The molecule has 0 heterocycles. The minimum absolute atomic E-state index is 0.0604. The van der Waals surface area contributed by atoms with Crippen LogP contribution in [-0.4, -0.2) is 24.1 Å². The van der Waals surface area contributed by atoms with Gasteiger partial charge < -0.3 is 9.47 Å². The number of ether oxygens (including phenoxy) is 2. The number of hydrogen-bond donors (Lipinski definition) is 0. The molecule has 0 amide bonds. The lowest BCUT2D eigenvalue weighted by Crippen LogP contribution is -2.51. The van der Waals surface area contributed by atoms with Crippen molar-refractivity contribution < 1.29 is 19.1 Å². The minimum atomic E-state index is -0.224. The summed E-state index contributed by atoms with van der Waals surface area (Å²) in [5, 5.41) is 0. The van der Waals surface area contributed by atoms with Crippen molar-refractivity contribution in [1.29, 1.82) is 0 Å². The van der Waals surface area contributed by atoms with Gasteiger partial charge in [0.2, 0.25) is 0 Å². The highest BCUT2D eigenvalue weighted by atomic mass is 16.6. The summed E-state index contributed by atoms with van der Waals surface area (Å²) in [6, 6.07) is 0. The van der Waals surface area contributed by atoms with Crippen LogP contribution in [0, 0.1) is 92.7 Å². The van der Waals surface area contributed by atoms with Crippen LogP contribution in [0.15, 0.2) is 23.3 Å². The second-order valence-corrected chi connectivity index (χ2v) is 25.8. The molecular weight excluding hydrogens is 761 g/mol. The van der Waals surface area contributed by atoms with Gasteiger partial charge in [-0.3, -0.25) is 9.59 Å². The third-order valence-corrected chi connectivity index (χ3v) is 21.6. The first-order valence-corrected chi connectivity index (χ1v) is 27.2. The number of fused-ring (bicyclic) bond motifs is 10. The molecule has 8 aliphatic rings. The molecule has 6 saturated carbocycles. The number of allylic oxidation sites excluding steroid dienone is 2. The molecule has 0 N–H and O–H groups in total. The van der Waals surface area contributed by atoms with Crippen LogP contribution in [-0.2, 0) is 19.1 Å². The normalized spacial score (nSPS) is 43.2. The molecule has 0 spiro atoms. The van der Waals surface area contributed by atoms with Crippen LogP contribution in [0.1, 0.15) is 223 Å². The van der Waals surface area contributed by atoms with Crippen molar-refractivity contribution in [3.8, 4) is 0 Å². The molecule has 8 aliphatic carbocycles.